The summed E-state index contributed by atoms with van der Waals surface area (Å²) in [5, 5.41) is 0. The molecule has 8 heteroatoms. The number of rotatable bonds is 5. The summed E-state index contributed by atoms with van der Waals surface area (Å²) in [6.45, 7) is 6.02. The molecule has 0 saturated carbocycles. The predicted molar refractivity (Wildman–Crippen MR) is 115 cm³/mol. The van der Waals surface area contributed by atoms with Gasteiger partial charge in [-0.1, -0.05) is 30.3 Å². The van der Waals surface area contributed by atoms with Crippen LogP contribution in [-0.2, 0) is 19.0 Å². The third-order valence-electron chi connectivity index (χ3n) is 5.15. The van der Waals surface area contributed by atoms with Crippen LogP contribution in [0.25, 0.3) is 0 Å². The van der Waals surface area contributed by atoms with Crippen LogP contribution in [0.15, 0.2) is 59.5 Å². The van der Waals surface area contributed by atoms with E-state index in [0.717, 1.165) is 5.56 Å². The van der Waals surface area contributed by atoms with Crippen LogP contribution in [0, 0.1) is 11.7 Å². The van der Waals surface area contributed by atoms with Crippen LogP contribution in [-0.4, -0.2) is 44.7 Å². The van der Waals surface area contributed by atoms with Gasteiger partial charge in [0, 0.05) is 19.0 Å². The summed E-state index contributed by atoms with van der Waals surface area (Å²) >= 11 is 0. The summed E-state index contributed by atoms with van der Waals surface area (Å²) in [6, 6.07) is 14.1. The number of carbonyl (C=O) groups is 1. The molecule has 2 atom stereocenters. The second kappa shape index (κ2) is 9.36. The van der Waals surface area contributed by atoms with Crippen molar-refractivity contribution in [1.29, 1.82) is 0 Å². The molecule has 6 nitrogen and oxygen atoms in total. The SMILES string of the molecule is CC(C)(C)OC(=O)N1CC[C@H](c2ccc(F)cc2)[C@@H](COS(=O)(=O)c2ccccc2)C1. The minimum absolute atomic E-state index is 0.0770. The first-order valence-corrected chi connectivity index (χ1v) is 11.6. The van der Waals surface area contributed by atoms with E-state index >= 15 is 0 Å². The second-order valence-corrected chi connectivity index (χ2v) is 10.3. The summed E-state index contributed by atoms with van der Waals surface area (Å²) in [5.74, 6) is -0.718. The van der Waals surface area contributed by atoms with E-state index in [2.05, 4.69) is 0 Å². The maximum atomic E-state index is 13.4. The topological polar surface area (TPSA) is 72.9 Å². The molecule has 0 aromatic heterocycles. The van der Waals surface area contributed by atoms with Gasteiger partial charge < -0.3 is 9.64 Å². The minimum atomic E-state index is -3.93. The van der Waals surface area contributed by atoms with Gasteiger partial charge >= 0.3 is 6.09 Å². The number of piperidine rings is 1. The van der Waals surface area contributed by atoms with Crippen molar-refractivity contribution in [3.63, 3.8) is 0 Å². The summed E-state index contributed by atoms with van der Waals surface area (Å²) in [4.78, 5) is 14.2. The van der Waals surface area contributed by atoms with Crippen molar-refractivity contribution in [2.24, 2.45) is 5.92 Å². The Balaban J connectivity index is 1.78. The van der Waals surface area contributed by atoms with Gasteiger partial charge in [-0.3, -0.25) is 4.18 Å². The Morgan fingerprint density at radius 2 is 1.74 bits per heavy atom. The molecule has 1 fully saturated rings. The van der Waals surface area contributed by atoms with Crippen LogP contribution < -0.4 is 0 Å². The monoisotopic (exact) mass is 449 g/mol. The summed E-state index contributed by atoms with van der Waals surface area (Å²) in [6.07, 6.45) is 0.144. The number of hydrogen-bond donors (Lipinski definition) is 0. The first-order valence-electron chi connectivity index (χ1n) is 10.2. The van der Waals surface area contributed by atoms with Crippen LogP contribution >= 0.6 is 0 Å². The van der Waals surface area contributed by atoms with Gasteiger partial charge in [-0.25, -0.2) is 9.18 Å². The standard InChI is InChI=1S/C23H28FNO5S/c1-23(2,3)30-22(26)25-14-13-21(17-9-11-19(24)12-10-17)18(15-25)16-29-31(27,28)20-7-5-4-6-8-20/h4-12,18,21H,13-16H2,1-3H3/t18-,21-/m1/s1. The predicted octanol–water partition coefficient (Wildman–Crippen LogP) is 4.57. The maximum Gasteiger partial charge on any atom is 0.410 e. The molecule has 1 amide bonds. The van der Waals surface area contributed by atoms with Crippen molar-refractivity contribution in [3.8, 4) is 0 Å². The van der Waals surface area contributed by atoms with E-state index in [4.69, 9.17) is 8.92 Å². The first kappa shape index (κ1) is 23.2. The maximum absolute atomic E-state index is 13.4. The lowest BCUT2D eigenvalue weighted by atomic mass is 9.81. The molecule has 0 spiro atoms. The summed E-state index contributed by atoms with van der Waals surface area (Å²) < 4.78 is 49.4. The molecule has 0 N–H and O–H groups in total. The molecule has 168 valence electrons. The fourth-order valence-electron chi connectivity index (χ4n) is 3.67. The van der Waals surface area contributed by atoms with Crippen molar-refractivity contribution >= 4 is 16.2 Å². The van der Waals surface area contributed by atoms with E-state index in [1.807, 2.05) is 0 Å². The number of amides is 1. The van der Waals surface area contributed by atoms with Crippen molar-refractivity contribution in [1.82, 2.24) is 4.90 Å². The van der Waals surface area contributed by atoms with Gasteiger partial charge in [-0.2, -0.15) is 8.42 Å². The van der Waals surface area contributed by atoms with E-state index in [1.54, 1.807) is 56.0 Å². The zero-order chi connectivity index (χ0) is 22.6. The Morgan fingerprint density at radius 3 is 2.35 bits per heavy atom. The molecule has 0 unspecified atom stereocenters. The number of halogens is 1. The van der Waals surface area contributed by atoms with Crippen molar-refractivity contribution in [3.05, 3.63) is 66.0 Å². The molecule has 1 aliphatic heterocycles. The van der Waals surface area contributed by atoms with E-state index in [1.165, 1.54) is 24.3 Å². The lowest BCUT2D eigenvalue weighted by Crippen LogP contribution is -2.46. The average molecular weight is 450 g/mol. The van der Waals surface area contributed by atoms with Crippen LogP contribution in [0.5, 0.6) is 0 Å². The van der Waals surface area contributed by atoms with Gasteiger partial charge in [0.05, 0.1) is 11.5 Å². The lowest BCUT2D eigenvalue weighted by molar-refractivity contribution is 0.0114. The summed E-state index contributed by atoms with van der Waals surface area (Å²) in [5.41, 5.74) is 0.254. The quantitative estimate of drug-likeness (QED) is 0.625. The fraction of sp³-hybridized carbons (Fsp3) is 0.435. The van der Waals surface area contributed by atoms with Crippen LogP contribution in [0.4, 0.5) is 9.18 Å². The molecule has 0 bridgehead atoms. The number of likely N-dealkylation sites (tertiary alicyclic amines) is 1. The van der Waals surface area contributed by atoms with E-state index < -0.39 is 21.8 Å². The zero-order valence-electron chi connectivity index (χ0n) is 18.0. The molecule has 1 saturated heterocycles. The minimum Gasteiger partial charge on any atom is -0.444 e. The van der Waals surface area contributed by atoms with Gasteiger partial charge in [0.15, 0.2) is 0 Å². The molecule has 1 heterocycles. The van der Waals surface area contributed by atoms with Gasteiger partial charge in [0.25, 0.3) is 10.1 Å². The Kier molecular flexibility index (Phi) is 7.01. The first-order chi connectivity index (χ1) is 14.5. The third kappa shape index (κ3) is 6.27. The summed E-state index contributed by atoms with van der Waals surface area (Å²) in [7, 11) is -3.93. The van der Waals surface area contributed by atoms with Gasteiger partial charge in [-0.05, 0) is 62.9 Å². The Morgan fingerprint density at radius 1 is 1.10 bits per heavy atom. The highest BCUT2D eigenvalue weighted by atomic mass is 32.2. The highest BCUT2D eigenvalue weighted by molar-refractivity contribution is 7.86. The van der Waals surface area contributed by atoms with Crippen molar-refractivity contribution in [2.45, 2.75) is 43.6 Å². The van der Waals surface area contributed by atoms with Gasteiger partial charge in [0.2, 0.25) is 0 Å². The average Bonchev–Trinajstić information content (AvgIpc) is 2.72. The smallest absolute Gasteiger partial charge is 0.410 e. The molecule has 2 aromatic rings. The van der Waals surface area contributed by atoms with Crippen molar-refractivity contribution in [2.75, 3.05) is 19.7 Å². The molecule has 0 radical (unpaired) electrons. The molecule has 2 aromatic carbocycles. The molecular weight excluding hydrogens is 421 g/mol. The van der Waals surface area contributed by atoms with Crippen LogP contribution in [0.2, 0.25) is 0 Å². The molecule has 3 rings (SSSR count). The van der Waals surface area contributed by atoms with Crippen molar-refractivity contribution < 1.29 is 26.5 Å². The third-order valence-corrected chi connectivity index (χ3v) is 6.45. The molecule has 31 heavy (non-hydrogen) atoms. The number of benzene rings is 2. The number of ether oxygens (including phenoxy) is 1. The Bertz CT molecular complexity index is 987. The highest BCUT2D eigenvalue weighted by Crippen LogP contribution is 2.34. The fourth-order valence-corrected chi connectivity index (χ4v) is 4.65. The zero-order valence-corrected chi connectivity index (χ0v) is 18.8. The molecule has 0 aliphatic carbocycles. The Hall–Kier alpha value is -2.45. The second-order valence-electron chi connectivity index (χ2n) is 8.68. The highest BCUT2D eigenvalue weighted by Gasteiger charge is 2.35. The number of hydrogen-bond acceptors (Lipinski definition) is 5. The Labute approximate surface area is 183 Å². The van der Waals surface area contributed by atoms with Crippen LogP contribution in [0.1, 0.15) is 38.7 Å². The number of carbonyl (C=O) groups excluding carboxylic acids is 1. The van der Waals surface area contributed by atoms with E-state index in [9.17, 15) is 17.6 Å². The largest absolute Gasteiger partial charge is 0.444 e. The molecular formula is C23H28FNO5S. The van der Waals surface area contributed by atoms with Crippen LogP contribution in [0.3, 0.4) is 0 Å². The molecule has 1 aliphatic rings. The van der Waals surface area contributed by atoms with E-state index in [0.29, 0.717) is 13.0 Å². The number of nitrogens with zero attached hydrogens (tertiary/aromatic N) is 1. The van der Waals surface area contributed by atoms with Gasteiger partial charge in [0.1, 0.15) is 11.4 Å². The lowest BCUT2D eigenvalue weighted by Gasteiger charge is -2.39. The van der Waals surface area contributed by atoms with E-state index in [-0.39, 0.29) is 35.7 Å². The normalized spacial score (nSPS) is 19.8. The van der Waals surface area contributed by atoms with Gasteiger partial charge in [-0.15, -0.1) is 0 Å².